The number of benzene rings is 1. The molecule has 0 aliphatic carbocycles. The average molecular weight is 551 g/mol. The molecular formula is C25H28BrFN2O4S. The molecule has 0 radical (unpaired) electrons. The van der Waals surface area contributed by atoms with Gasteiger partial charge in [-0.3, -0.25) is 4.79 Å². The summed E-state index contributed by atoms with van der Waals surface area (Å²) in [5.74, 6) is -2.93. The molecule has 1 aliphatic rings. The molecule has 0 fully saturated rings. The van der Waals surface area contributed by atoms with Crippen molar-refractivity contribution in [1.82, 2.24) is 9.88 Å². The molecule has 1 aromatic heterocycles. The van der Waals surface area contributed by atoms with Gasteiger partial charge in [-0.05, 0) is 54.6 Å². The molecule has 0 amide bonds. The lowest BCUT2D eigenvalue weighted by atomic mass is 9.81. The fraction of sp³-hybridized carbons (Fsp3) is 0.400. The van der Waals surface area contributed by atoms with Crippen LogP contribution in [0.5, 0.6) is 0 Å². The number of hydrogen-bond acceptors (Lipinski definition) is 7. The first-order chi connectivity index (χ1) is 16.2. The topological polar surface area (TPSA) is 68.7 Å². The summed E-state index contributed by atoms with van der Waals surface area (Å²) >= 11 is 4.72. The molecule has 9 heteroatoms. The smallest absolute Gasteiger partial charge is 0.338 e. The van der Waals surface area contributed by atoms with E-state index in [1.165, 1.54) is 23.8 Å². The van der Waals surface area contributed by atoms with Crippen LogP contribution < -0.4 is 0 Å². The van der Waals surface area contributed by atoms with E-state index in [0.29, 0.717) is 11.0 Å². The quantitative estimate of drug-likeness (QED) is 0.235. The van der Waals surface area contributed by atoms with Gasteiger partial charge in [0, 0.05) is 23.1 Å². The van der Waals surface area contributed by atoms with E-state index < -0.39 is 28.6 Å². The Labute approximate surface area is 211 Å². The Morgan fingerprint density at radius 3 is 2.65 bits per heavy atom. The molecule has 1 aromatic carbocycles. The minimum absolute atomic E-state index is 0.128. The largest absolute Gasteiger partial charge is 0.466 e. The highest BCUT2D eigenvalue weighted by Crippen LogP contribution is 2.45. The highest BCUT2D eigenvalue weighted by atomic mass is 79.9. The monoisotopic (exact) mass is 550 g/mol. The Kier molecular flexibility index (Phi) is 8.41. The van der Waals surface area contributed by atoms with Crippen molar-refractivity contribution in [1.29, 1.82) is 0 Å². The molecule has 182 valence electrons. The van der Waals surface area contributed by atoms with Crippen LogP contribution in [0.25, 0.3) is 10.9 Å². The predicted octanol–water partition coefficient (Wildman–Crippen LogP) is 5.76. The summed E-state index contributed by atoms with van der Waals surface area (Å²) in [6.45, 7) is 5.46. The van der Waals surface area contributed by atoms with Gasteiger partial charge in [0.05, 0.1) is 30.8 Å². The number of pyridine rings is 1. The molecule has 0 saturated heterocycles. The van der Waals surface area contributed by atoms with Crippen molar-refractivity contribution in [3.05, 3.63) is 64.3 Å². The van der Waals surface area contributed by atoms with E-state index in [-0.39, 0.29) is 18.2 Å². The third-order valence-corrected chi connectivity index (χ3v) is 7.94. The lowest BCUT2D eigenvalue weighted by Gasteiger charge is -2.39. The molecule has 2 aromatic rings. The first-order valence-corrected chi connectivity index (χ1v) is 12.9. The minimum Gasteiger partial charge on any atom is -0.466 e. The van der Waals surface area contributed by atoms with Gasteiger partial charge in [0.25, 0.3) is 0 Å². The first kappa shape index (κ1) is 26.2. The van der Waals surface area contributed by atoms with Crippen LogP contribution in [0.3, 0.4) is 0 Å². The van der Waals surface area contributed by atoms with Gasteiger partial charge in [-0.25, -0.2) is 9.78 Å². The summed E-state index contributed by atoms with van der Waals surface area (Å²) in [5.41, 5.74) is 1.36. The van der Waals surface area contributed by atoms with Crippen molar-refractivity contribution in [2.45, 2.75) is 44.6 Å². The summed E-state index contributed by atoms with van der Waals surface area (Å²) in [5, 5.41) is 0.918. The molecule has 0 bridgehead atoms. The normalized spacial score (nSPS) is 17.8. The number of carbonyl (C=O) groups is 2. The molecule has 3 rings (SSSR count). The van der Waals surface area contributed by atoms with Crippen LogP contribution >= 0.6 is 27.7 Å². The second-order valence-corrected chi connectivity index (χ2v) is 10.1. The number of aromatic nitrogens is 1. The number of halogens is 2. The summed E-state index contributed by atoms with van der Waals surface area (Å²) in [7, 11) is 1.20. The highest BCUT2D eigenvalue weighted by molar-refractivity contribution is 9.10. The van der Waals surface area contributed by atoms with Gasteiger partial charge in [0.15, 0.2) is 0 Å². The van der Waals surface area contributed by atoms with Crippen LogP contribution in [0, 0.1) is 5.92 Å². The summed E-state index contributed by atoms with van der Waals surface area (Å²) < 4.78 is 25.8. The van der Waals surface area contributed by atoms with Gasteiger partial charge in [0.1, 0.15) is 9.35 Å². The maximum absolute atomic E-state index is 15.9. The Bertz CT molecular complexity index is 1150. The van der Waals surface area contributed by atoms with Gasteiger partial charge in [0.2, 0.25) is 5.95 Å². The number of thioether (sulfide) groups is 1. The number of carbonyl (C=O) groups excluding carboxylic acids is 2. The number of para-hydroxylation sites is 1. The zero-order valence-electron chi connectivity index (χ0n) is 19.8. The molecule has 0 N–H and O–H groups in total. The van der Waals surface area contributed by atoms with Crippen molar-refractivity contribution >= 4 is 50.5 Å². The summed E-state index contributed by atoms with van der Waals surface area (Å²) in [4.78, 5) is 31.8. The number of hydrogen-bond donors (Lipinski definition) is 0. The van der Waals surface area contributed by atoms with Crippen molar-refractivity contribution in [3.63, 3.8) is 0 Å². The number of allylic oxidation sites excluding steroid dienone is 1. The van der Waals surface area contributed by atoms with Crippen LogP contribution in [0.15, 0.2) is 58.7 Å². The van der Waals surface area contributed by atoms with E-state index in [1.54, 1.807) is 32.4 Å². The van der Waals surface area contributed by atoms with Gasteiger partial charge >= 0.3 is 11.9 Å². The maximum atomic E-state index is 15.9. The van der Waals surface area contributed by atoms with E-state index in [2.05, 4.69) is 20.9 Å². The number of rotatable bonds is 8. The van der Waals surface area contributed by atoms with Gasteiger partial charge in [-0.2, -0.15) is 4.39 Å². The van der Waals surface area contributed by atoms with Gasteiger partial charge < -0.3 is 14.4 Å². The third-order valence-electron chi connectivity index (χ3n) is 5.82. The predicted molar refractivity (Wildman–Crippen MR) is 136 cm³/mol. The SMILES string of the molecule is CCC(SC)(C(=O)OC(C)C)[C@H]1C=CN(Cc2cc3ccccc3nc2Br)C(F)=C1C(=O)OC. The molecule has 2 atom stereocenters. The fourth-order valence-electron chi connectivity index (χ4n) is 4.06. The molecule has 6 nitrogen and oxygen atoms in total. The minimum atomic E-state index is -1.18. The van der Waals surface area contributed by atoms with E-state index in [9.17, 15) is 9.59 Å². The number of esters is 2. The average Bonchev–Trinajstić information content (AvgIpc) is 2.81. The molecule has 1 unspecified atom stereocenters. The third kappa shape index (κ3) is 5.00. The lowest BCUT2D eigenvalue weighted by Crippen LogP contribution is -2.47. The summed E-state index contributed by atoms with van der Waals surface area (Å²) in [6.07, 6.45) is 5.00. The second-order valence-electron chi connectivity index (χ2n) is 8.18. The number of ether oxygens (including phenoxy) is 2. The van der Waals surface area contributed by atoms with E-state index >= 15 is 4.39 Å². The summed E-state index contributed by atoms with van der Waals surface area (Å²) in [6, 6.07) is 9.56. The zero-order chi connectivity index (χ0) is 25.0. The van der Waals surface area contributed by atoms with E-state index in [4.69, 9.17) is 9.47 Å². The Balaban J connectivity index is 2.04. The maximum Gasteiger partial charge on any atom is 0.338 e. The first-order valence-electron chi connectivity index (χ1n) is 10.9. The van der Waals surface area contributed by atoms with E-state index in [1.807, 2.05) is 37.3 Å². The van der Waals surface area contributed by atoms with E-state index in [0.717, 1.165) is 16.5 Å². The van der Waals surface area contributed by atoms with Crippen LogP contribution in [0.2, 0.25) is 0 Å². The van der Waals surface area contributed by atoms with Crippen LogP contribution in [-0.2, 0) is 25.6 Å². The Morgan fingerprint density at radius 1 is 1.32 bits per heavy atom. The fourth-order valence-corrected chi connectivity index (χ4v) is 5.44. The van der Waals surface area contributed by atoms with Crippen molar-refractivity contribution in [3.8, 4) is 0 Å². The van der Waals surface area contributed by atoms with Gasteiger partial charge in [-0.1, -0.05) is 31.2 Å². The standard InChI is InChI=1S/C25H28BrFN2O4S/c1-6-25(34-5,24(31)33-15(2)3)18-11-12-29(22(27)20(18)23(30)32-4)14-17-13-16-9-7-8-10-19(16)28-21(17)26/h7-13,15,18H,6,14H2,1-5H3/t18-,25?/m0/s1. The molecule has 0 spiro atoms. The van der Waals surface area contributed by atoms with Crippen molar-refractivity contribution in [2.24, 2.45) is 5.92 Å². The molecule has 2 heterocycles. The van der Waals surface area contributed by atoms with Gasteiger partial charge in [-0.15, -0.1) is 11.8 Å². The Morgan fingerprint density at radius 2 is 2.03 bits per heavy atom. The molecule has 34 heavy (non-hydrogen) atoms. The van der Waals surface area contributed by atoms with Crippen molar-refractivity contribution < 1.29 is 23.5 Å². The molecule has 0 saturated carbocycles. The Hall–Kier alpha value is -2.39. The van der Waals surface area contributed by atoms with Crippen LogP contribution in [-0.4, -0.2) is 46.0 Å². The molecular weight excluding hydrogens is 523 g/mol. The number of methoxy groups -OCH3 is 1. The molecule has 1 aliphatic heterocycles. The lowest BCUT2D eigenvalue weighted by molar-refractivity contribution is -0.151. The number of nitrogens with zero attached hydrogens (tertiary/aromatic N) is 2. The zero-order valence-corrected chi connectivity index (χ0v) is 22.2. The van der Waals surface area contributed by atoms with Crippen molar-refractivity contribution in [2.75, 3.05) is 13.4 Å². The second kappa shape index (κ2) is 10.9. The highest BCUT2D eigenvalue weighted by Gasteiger charge is 2.50. The van der Waals surface area contributed by atoms with Crippen LogP contribution in [0.4, 0.5) is 4.39 Å². The number of fused-ring (bicyclic) bond motifs is 1. The van der Waals surface area contributed by atoms with Crippen LogP contribution in [0.1, 0.15) is 32.8 Å².